The molecule has 2 rings (SSSR count). The first-order valence-corrected chi connectivity index (χ1v) is 9.30. The maximum atomic E-state index is 11.8. The molecular weight excluding hydrogens is 406 g/mol. The van der Waals surface area contributed by atoms with Gasteiger partial charge in [0, 0.05) is 22.4 Å². The van der Waals surface area contributed by atoms with Crippen molar-refractivity contribution in [1.29, 1.82) is 0 Å². The number of nitro groups is 1. The van der Waals surface area contributed by atoms with Crippen LogP contribution in [0.15, 0.2) is 58.1 Å². The van der Waals surface area contributed by atoms with Crippen molar-refractivity contribution >= 4 is 45.0 Å². The van der Waals surface area contributed by atoms with E-state index in [2.05, 4.69) is 26.5 Å². The molecule has 0 spiro atoms. The molecule has 2 aromatic carbocycles. The molecule has 8 heteroatoms. The molecule has 0 fully saturated rings. The Bertz CT molecular complexity index is 777. The Hall–Kier alpha value is -2.19. The summed E-state index contributed by atoms with van der Waals surface area (Å²) in [5.41, 5.74) is 5.18. The quantitative estimate of drug-likeness (QED) is 0.413. The van der Waals surface area contributed by atoms with E-state index in [0.717, 1.165) is 21.3 Å². The number of nitrogens with zero attached hydrogens (tertiary/aromatic N) is 2. The summed E-state index contributed by atoms with van der Waals surface area (Å²) in [6.07, 6.45) is 0. The van der Waals surface area contributed by atoms with Gasteiger partial charge in [-0.3, -0.25) is 14.9 Å². The molecule has 0 saturated heterocycles. The van der Waals surface area contributed by atoms with Crippen LogP contribution in [0.1, 0.15) is 18.1 Å². The van der Waals surface area contributed by atoms with E-state index in [0.29, 0.717) is 5.75 Å². The van der Waals surface area contributed by atoms with Crippen molar-refractivity contribution in [2.45, 2.75) is 12.7 Å². The van der Waals surface area contributed by atoms with Gasteiger partial charge in [-0.15, -0.1) is 11.8 Å². The minimum atomic E-state index is -0.434. The molecular formula is C17H16BrN3O3S. The Morgan fingerprint density at radius 3 is 2.44 bits per heavy atom. The van der Waals surface area contributed by atoms with Crippen LogP contribution in [0.2, 0.25) is 0 Å². The Balaban J connectivity index is 1.77. The number of hydrogen-bond acceptors (Lipinski definition) is 5. The third-order valence-electron chi connectivity index (χ3n) is 3.26. The van der Waals surface area contributed by atoms with Gasteiger partial charge < -0.3 is 0 Å². The number of rotatable bonds is 7. The lowest BCUT2D eigenvalue weighted by Crippen LogP contribution is -2.21. The SMILES string of the molecule is C/C(=N\NC(=O)CSCc1ccc([N+](=O)[O-])cc1)c1ccc(Br)cc1. The zero-order chi connectivity index (χ0) is 18.2. The highest BCUT2D eigenvalue weighted by molar-refractivity contribution is 9.10. The van der Waals surface area contributed by atoms with E-state index >= 15 is 0 Å². The maximum Gasteiger partial charge on any atom is 0.269 e. The summed E-state index contributed by atoms with van der Waals surface area (Å²) in [5, 5.41) is 14.7. The van der Waals surface area contributed by atoms with Gasteiger partial charge in [-0.25, -0.2) is 5.43 Å². The predicted octanol–water partition coefficient (Wildman–Crippen LogP) is 4.13. The van der Waals surface area contributed by atoms with Gasteiger partial charge in [-0.1, -0.05) is 40.2 Å². The second-order valence-electron chi connectivity index (χ2n) is 5.16. The van der Waals surface area contributed by atoms with E-state index < -0.39 is 4.92 Å². The van der Waals surface area contributed by atoms with Gasteiger partial charge in [0.05, 0.1) is 16.4 Å². The fourth-order valence-electron chi connectivity index (χ4n) is 1.91. The van der Waals surface area contributed by atoms with E-state index in [1.54, 1.807) is 12.1 Å². The number of thioether (sulfide) groups is 1. The second-order valence-corrected chi connectivity index (χ2v) is 7.06. The monoisotopic (exact) mass is 421 g/mol. The standard InChI is InChI=1S/C17H16BrN3O3S/c1-12(14-4-6-15(18)7-5-14)19-20-17(22)11-25-10-13-2-8-16(9-3-13)21(23)24/h2-9H,10-11H2,1H3,(H,20,22)/b19-12+. The molecule has 25 heavy (non-hydrogen) atoms. The zero-order valence-electron chi connectivity index (χ0n) is 13.4. The van der Waals surface area contributed by atoms with Crippen LogP contribution in [0.25, 0.3) is 0 Å². The van der Waals surface area contributed by atoms with Gasteiger partial charge in [0.25, 0.3) is 5.69 Å². The lowest BCUT2D eigenvalue weighted by atomic mass is 10.1. The highest BCUT2D eigenvalue weighted by atomic mass is 79.9. The highest BCUT2D eigenvalue weighted by Gasteiger charge is 2.05. The number of carbonyl (C=O) groups excluding carboxylic acids is 1. The lowest BCUT2D eigenvalue weighted by Gasteiger charge is -2.04. The molecule has 0 radical (unpaired) electrons. The summed E-state index contributed by atoms with van der Waals surface area (Å²) in [6.45, 7) is 1.83. The molecule has 0 unspecified atom stereocenters. The number of amides is 1. The van der Waals surface area contributed by atoms with Gasteiger partial charge in [-0.05, 0) is 30.2 Å². The topological polar surface area (TPSA) is 84.6 Å². The van der Waals surface area contributed by atoms with Crippen LogP contribution < -0.4 is 5.43 Å². The summed E-state index contributed by atoms with van der Waals surface area (Å²) in [4.78, 5) is 22.0. The van der Waals surface area contributed by atoms with Gasteiger partial charge in [-0.2, -0.15) is 5.10 Å². The van der Waals surface area contributed by atoms with Crippen molar-refractivity contribution in [3.05, 3.63) is 74.2 Å². The van der Waals surface area contributed by atoms with Crippen LogP contribution >= 0.6 is 27.7 Å². The molecule has 1 amide bonds. The first-order valence-electron chi connectivity index (χ1n) is 7.36. The van der Waals surface area contributed by atoms with Crippen LogP contribution in [-0.4, -0.2) is 22.3 Å². The highest BCUT2D eigenvalue weighted by Crippen LogP contribution is 2.16. The molecule has 2 aromatic rings. The average Bonchev–Trinajstić information content (AvgIpc) is 2.60. The van der Waals surface area contributed by atoms with Crippen molar-refractivity contribution in [1.82, 2.24) is 5.43 Å². The minimum Gasteiger partial charge on any atom is -0.272 e. The number of hydrogen-bond donors (Lipinski definition) is 1. The second kappa shape index (κ2) is 9.33. The molecule has 130 valence electrons. The zero-order valence-corrected chi connectivity index (χ0v) is 15.8. The van der Waals surface area contributed by atoms with Crippen LogP contribution in [0.4, 0.5) is 5.69 Å². The molecule has 0 aliphatic carbocycles. The smallest absolute Gasteiger partial charge is 0.269 e. The van der Waals surface area contributed by atoms with E-state index in [-0.39, 0.29) is 17.3 Å². The molecule has 0 aliphatic rings. The summed E-state index contributed by atoms with van der Waals surface area (Å²) in [5.74, 6) is 0.665. The van der Waals surface area contributed by atoms with Crippen molar-refractivity contribution in [2.75, 3.05) is 5.75 Å². The minimum absolute atomic E-state index is 0.0595. The molecule has 6 nitrogen and oxygen atoms in total. The number of carbonyl (C=O) groups is 1. The number of non-ortho nitro benzene ring substituents is 1. The molecule has 0 atom stereocenters. The summed E-state index contributed by atoms with van der Waals surface area (Å²) < 4.78 is 0.982. The summed E-state index contributed by atoms with van der Waals surface area (Å²) in [7, 11) is 0. The number of halogens is 1. The van der Waals surface area contributed by atoms with E-state index in [9.17, 15) is 14.9 Å². The normalized spacial score (nSPS) is 11.2. The number of nitro benzene ring substituents is 1. The molecule has 0 aromatic heterocycles. The van der Waals surface area contributed by atoms with Crippen molar-refractivity contribution in [3.63, 3.8) is 0 Å². The average molecular weight is 422 g/mol. The lowest BCUT2D eigenvalue weighted by molar-refractivity contribution is -0.384. The Morgan fingerprint density at radius 1 is 1.20 bits per heavy atom. The third-order valence-corrected chi connectivity index (χ3v) is 4.79. The van der Waals surface area contributed by atoms with Crippen LogP contribution in [-0.2, 0) is 10.5 Å². The van der Waals surface area contributed by atoms with Crippen molar-refractivity contribution in [3.8, 4) is 0 Å². The Kier molecular flexibility index (Phi) is 7.15. The Labute approximate surface area is 158 Å². The molecule has 0 saturated carbocycles. The number of nitrogens with one attached hydrogen (secondary N) is 1. The van der Waals surface area contributed by atoms with Crippen LogP contribution in [0.3, 0.4) is 0 Å². The van der Waals surface area contributed by atoms with Crippen LogP contribution in [0, 0.1) is 10.1 Å². The molecule has 0 bridgehead atoms. The first-order chi connectivity index (χ1) is 12.0. The van der Waals surface area contributed by atoms with E-state index in [4.69, 9.17) is 0 Å². The Morgan fingerprint density at radius 2 is 1.84 bits per heavy atom. The summed E-state index contributed by atoms with van der Waals surface area (Å²) in [6, 6.07) is 14.0. The molecule has 0 heterocycles. The van der Waals surface area contributed by atoms with Crippen molar-refractivity contribution < 1.29 is 9.72 Å². The van der Waals surface area contributed by atoms with Gasteiger partial charge in [0.1, 0.15) is 0 Å². The van der Waals surface area contributed by atoms with Crippen LogP contribution in [0.5, 0.6) is 0 Å². The molecule has 1 N–H and O–H groups in total. The van der Waals surface area contributed by atoms with Gasteiger partial charge >= 0.3 is 0 Å². The largest absolute Gasteiger partial charge is 0.272 e. The first kappa shape index (κ1) is 19.1. The fourth-order valence-corrected chi connectivity index (χ4v) is 2.95. The van der Waals surface area contributed by atoms with E-state index in [1.807, 2.05) is 31.2 Å². The number of benzene rings is 2. The van der Waals surface area contributed by atoms with Crippen molar-refractivity contribution in [2.24, 2.45) is 5.10 Å². The predicted molar refractivity (Wildman–Crippen MR) is 104 cm³/mol. The van der Waals surface area contributed by atoms with E-state index in [1.165, 1.54) is 23.9 Å². The third kappa shape index (κ3) is 6.32. The summed E-state index contributed by atoms with van der Waals surface area (Å²) >= 11 is 4.79. The maximum absolute atomic E-state index is 11.8. The van der Waals surface area contributed by atoms with Gasteiger partial charge in [0.2, 0.25) is 5.91 Å². The van der Waals surface area contributed by atoms with Gasteiger partial charge in [0.15, 0.2) is 0 Å². The fraction of sp³-hybridized carbons (Fsp3) is 0.176. The molecule has 0 aliphatic heterocycles. The number of hydrazone groups is 1.